The highest BCUT2D eigenvalue weighted by molar-refractivity contribution is 5.77. The summed E-state index contributed by atoms with van der Waals surface area (Å²) in [4.78, 5) is 37.2. The summed E-state index contributed by atoms with van der Waals surface area (Å²) in [6.45, 7) is 5.57. The van der Waals surface area contributed by atoms with E-state index in [2.05, 4.69) is 25.3 Å². The monoisotopic (exact) mass is 509 g/mol. The summed E-state index contributed by atoms with van der Waals surface area (Å²) >= 11 is 0. The van der Waals surface area contributed by atoms with Gasteiger partial charge in [0.25, 0.3) is 5.56 Å². The Morgan fingerprint density at radius 2 is 1.97 bits per heavy atom. The Morgan fingerprint density at radius 3 is 2.61 bits per heavy atom. The molecule has 36 heavy (non-hydrogen) atoms. The largest absolute Gasteiger partial charge is 0.423 e. The molecule has 0 unspecified atom stereocenters. The molecule has 1 saturated carbocycles. The number of rotatable bonds is 9. The summed E-state index contributed by atoms with van der Waals surface area (Å²) in [5, 5.41) is 7.83. The van der Waals surface area contributed by atoms with E-state index in [1.165, 1.54) is 18.4 Å². The number of nitrogens with zero attached hydrogens (tertiary/aromatic N) is 5. The van der Waals surface area contributed by atoms with Crippen molar-refractivity contribution in [1.82, 2.24) is 25.1 Å². The summed E-state index contributed by atoms with van der Waals surface area (Å²) in [7, 11) is 0. The van der Waals surface area contributed by atoms with Gasteiger partial charge in [-0.05, 0) is 38.2 Å². The highest BCUT2D eigenvalue weighted by atomic mass is 19.4. The Kier molecular flexibility index (Phi) is 7.76. The molecule has 1 amide bonds. The lowest BCUT2D eigenvalue weighted by atomic mass is 10.2. The van der Waals surface area contributed by atoms with Crippen LogP contribution in [0.5, 0.6) is 0 Å². The van der Waals surface area contributed by atoms with Crippen molar-refractivity contribution >= 4 is 17.5 Å². The predicted octanol–water partition coefficient (Wildman–Crippen LogP) is 2.40. The summed E-state index contributed by atoms with van der Waals surface area (Å²) in [5.74, 6) is 1.23. The molecular formula is C23H30F3N7O3. The maximum Gasteiger partial charge on any atom is 0.423 e. The van der Waals surface area contributed by atoms with E-state index in [0.717, 1.165) is 6.20 Å². The third kappa shape index (κ3) is 6.31. The van der Waals surface area contributed by atoms with Gasteiger partial charge < -0.3 is 19.9 Å². The highest BCUT2D eigenvalue weighted by Crippen LogP contribution is 2.39. The molecule has 2 fully saturated rings. The number of carbonyl (C=O) groups excluding carboxylic acids is 1. The Morgan fingerprint density at radius 1 is 1.25 bits per heavy atom. The number of amides is 1. The smallest absolute Gasteiger partial charge is 0.379 e. The zero-order chi connectivity index (χ0) is 25.9. The number of H-pyrrole nitrogens is 1. The number of aromatic amines is 1. The molecule has 2 N–H and O–H groups in total. The van der Waals surface area contributed by atoms with Gasteiger partial charge in [-0.3, -0.25) is 9.59 Å². The van der Waals surface area contributed by atoms with Crippen LogP contribution in [0.4, 0.5) is 24.8 Å². The Hall–Kier alpha value is -3.22. The van der Waals surface area contributed by atoms with Gasteiger partial charge in [0.1, 0.15) is 5.56 Å². The lowest BCUT2D eigenvalue weighted by Gasteiger charge is -2.40. The molecule has 0 bridgehead atoms. The van der Waals surface area contributed by atoms with Crippen molar-refractivity contribution in [2.45, 2.75) is 57.3 Å². The van der Waals surface area contributed by atoms with E-state index in [1.807, 2.05) is 19.3 Å². The molecule has 0 spiro atoms. The number of nitrogens with one attached hydrogen (secondary N) is 2. The number of alkyl halides is 3. The standard InChI is InChI=1S/C23H30F3N7O3/c1-14(30-18-11-29-31-21(35)20(18)23(24,25)26)13-36-8-5-19(34)33-7-6-32(12-15(33)2)22-27-9-17(10-28-22)16-3-4-16/h9-11,14-16H,3-8,12-13H2,1-2H3,(H2,30,31,35)/t14-,15-/m0/s1. The van der Waals surface area contributed by atoms with E-state index in [4.69, 9.17) is 4.74 Å². The zero-order valence-electron chi connectivity index (χ0n) is 20.2. The van der Waals surface area contributed by atoms with Crippen LogP contribution in [-0.4, -0.2) is 75.9 Å². The molecule has 2 aromatic heterocycles. The summed E-state index contributed by atoms with van der Waals surface area (Å²) < 4.78 is 45.0. The molecule has 1 saturated heterocycles. The molecule has 0 radical (unpaired) electrons. The van der Waals surface area contributed by atoms with Crippen molar-refractivity contribution in [2.24, 2.45) is 0 Å². The molecule has 2 aliphatic rings. The van der Waals surface area contributed by atoms with Gasteiger partial charge in [0.2, 0.25) is 11.9 Å². The highest BCUT2D eigenvalue weighted by Gasteiger charge is 2.37. The van der Waals surface area contributed by atoms with Crippen molar-refractivity contribution in [3.8, 4) is 0 Å². The second-order valence-electron chi connectivity index (χ2n) is 9.33. The van der Waals surface area contributed by atoms with Gasteiger partial charge in [0.05, 0.1) is 31.5 Å². The molecule has 2 atom stereocenters. The van der Waals surface area contributed by atoms with Crippen LogP contribution in [-0.2, 0) is 15.7 Å². The van der Waals surface area contributed by atoms with Crippen LogP contribution in [0, 0.1) is 0 Å². The first kappa shape index (κ1) is 25.9. The summed E-state index contributed by atoms with van der Waals surface area (Å²) in [5.41, 5.74) is -1.89. The van der Waals surface area contributed by atoms with Gasteiger partial charge in [0.15, 0.2) is 0 Å². The number of halogens is 3. The average molecular weight is 510 g/mol. The number of carbonyl (C=O) groups is 1. The van der Waals surface area contributed by atoms with Crippen molar-refractivity contribution in [3.05, 3.63) is 40.1 Å². The van der Waals surface area contributed by atoms with Gasteiger partial charge in [-0.2, -0.15) is 18.3 Å². The van der Waals surface area contributed by atoms with Crippen molar-refractivity contribution in [3.63, 3.8) is 0 Å². The lowest BCUT2D eigenvalue weighted by Crippen LogP contribution is -2.54. The average Bonchev–Trinajstić information content (AvgIpc) is 3.66. The van der Waals surface area contributed by atoms with E-state index in [-0.39, 0.29) is 31.6 Å². The third-order valence-corrected chi connectivity index (χ3v) is 6.31. The molecule has 10 nitrogen and oxygen atoms in total. The van der Waals surface area contributed by atoms with Crippen molar-refractivity contribution in [1.29, 1.82) is 0 Å². The van der Waals surface area contributed by atoms with Crippen LogP contribution in [0.15, 0.2) is 23.4 Å². The fourth-order valence-corrected chi connectivity index (χ4v) is 4.29. The molecule has 3 heterocycles. The summed E-state index contributed by atoms with van der Waals surface area (Å²) in [6.07, 6.45) is 2.44. The van der Waals surface area contributed by atoms with Crippen LogP contribution in [0.3, 0.4) is 0 Å². The number of ether oxygens (including phenoxy) is 1. The van der Waals surface area contributed by atoms with Crippen molar-refractivity contribution in [2.75, 3.05) is 43.1 Å². The Bertz CT molecular complexity index is 1110. The number of piperazine rings is 1. The first-order valence-corrected chi connectivity index (χ1v) is 12.0. The van der Waals surface area contributed by atoms with Crippen LogP contribution >= 0.6 is 0 Å². The fraction of sp³-hybridized carbons (Fsp3) is 0.609. The zero-order valence-corrected chi connectivity index (χ0v) is 20.2. The van der Waals surface area contributed by atoms with Gasteiger partial charge in [-0.1, -0.05) is 0 Å². The molecule has 1 aliphatic carbocycles. The van der Waals surface area contributed by atoms with E-state index < -0.39 is 29.0 Å². The Balaban J connectivity index is 1.20. The molecule has 1 aliphatic heterocycles. The molecule has 0 aromatic carbocycles. The van der Waals surface area contributed by atoms with Crippen LogP contribution in [0.1, 0.15) is 50.2 Å². The third-order valence-electron chi connectivity index (χ3n) is 6.31. The van der Waals surface area contributed by atoms with Gasteiger partial charge in [0, 0.05) is 44.1 Å². The van der Waals surface area contributed by atoms with Crippen LogP contribution < -0.4 is 15.8 Å². The molecule has 4 rings (SSSR count). The first-order valence-electron chi connectivity index (χ1n) is 12.0. The summed E-state index contributed by atoms with van der Waals surface area (Å²) in [6, 6.07) is -0.568. The second kappa shape index (κ2) is 10.8. The topological polar surface area (TPSA) is 116 Å². The quantitative estimate of drug-likeness (QED) is 0.495. The normalized spacial score (nSPS) is 19.3. The van der Waals surface area contributed by atoms with Gasteiger partial charge in [-0.15, -0.1) is 0 Å². The van der Waals surface area contributed by atoms with E-state index >= 15 is 0 Å². The van der Waals surface area contributed by atoms with Crippen LogP contribution in [0.2, 0.25) is 0 Å². The fourth-order valence-electron chi connectivity index (χ4n) is 4.29. The minimum absolute atomic E-state index is 0.0250. The number of anilines is 2. The second-order valence-corrected chi connectivity index (χ2v) is 9.33. The number of hydrogen-bond donors (Lipinski definition) is 2. The van der Waals surface area contributed by atoms with Gasteiger partial charge in [-0.25, -0.2) is 15.1 Å². The predicted molar refractivity (Wildman–Crippen MR) is 126 cm³/mol. The van der Waals surface area contributed by atoms with Gasteiger partial charge >= 0.3 is 6.18 Å². The molecule has 2 aromatic rings. The minimum Gasteiger partial charge on any atom is -0.379 e. The first-order chi connectivity index (χ1) is 17.1. The lowest BCUT2D eigenvalue weighted by molar-refractivity contribution is -0.138. The van der Waals surface area contributed by atoms with E-state index in [9.17, 15) is 22.8 Å². The minimum atomic E-state index is -4.82. The maximum absolute atomic E-state index is 13.2. The van der Waals surface area contributed by atoms with Crippen molar-refractivity contribution < 1.29 is 22.7 Å². The molecule has 196 valence electrons. The van der Waals surface area contributed by atoms with E-state index in [0.29, 0.717) is 31.5 Å². The maximum atomic E-state index is 13.2. The Labute approximate surface area is 206 Å². The number of aromatic nitrogens is 4. The van der Waals surface area contributed by atoms with E-state index in [1.54, 1.807) is 16.9 Å². The SMILES string of the molecule is C[C@@H](COCCC(=O)N1CCN(c2ncc(C3CC3)cn2)C[C@@H]1C)Nc1cn[nH]c(=O)c1C(F)(F)F. The molecule has 13 heteroatoms. The van der Waals surface area contributed by atoms with Crippen LogP contribution in [0.25, 0.3) is 0 Å². The number of hydrogen-bond acceptors (Lipinski definition) is 8. The molecular weight excluding hydrogens is 479 g/mol.